The van der Waals surface area contributed by atoms with Crippen molar-refractivity contribution in [2.24, 2.45) is 0 Å². The Bertz CT molecular complexity index is 1320. The van der Waals surface area contributed by atoms with Gasteiger partial charge in [-0.15, -0.1) is 0 Å². The molecule has 0 aliphatic carbocycles. The van der Waals surface area contributed by atoms with Gasteiger partial charge in [0.05, 0.1) is 30.3 Å². The number of thioether (sulfide) groups is 1. The number of aromatic nitrogens is 4. The Morgan fingerprint density at radius 1 is 1.11 bits per heavy atom. The van der Waals surface area contributed by atoms with Gasteiger partial charge in [-0.25, -0.2) is 14.6 Å². The highest BCUT2D eigenvalue weighted by Crippen LogP contribution is 2.28. The standard InChI is InChI=1S/C26H32N6O2S/c1-5-15-35-26-30-23(29-17(3)4)20-16-28-32(24(20)31-26)14-13-27-25(33)22-19-10-8-7-9-18(19)11-12-21(22)34-6-2/h7-12,16-17H,5-6,13-15H2,1-4H3,(H,27,33)(H,29,30,31). The molecule has 184 valence electrons. The molecule has 0 aliphatic rings. The second-order valence-corrected chi connectivity index (χ2v) is 9.52. The van der Waals surface area contributed by atoms with Crippen LogP contribution < -0.4 is 15.4 Å². The molecule has 0 fully saturated rings. The van der Waals surface area contributed by atoms with E-state index in [1.807, 2.05) is 48.0 Å². The second-order valence-electron chi connectivity index (χ2n) is 8.46. The molecule has 2 aromatic carbocycles. The van der Waals surface area contributed by atoms with Crippen LogP contribution in [0.4, 0.5) is 5.82 Å². The minimum absolute atomic E-state index is 0.169. The molecule has 2 aromatic heterocycles. The van der Waals surface area contributed by atoms with Crippen molar-refractivity contribution >= 4 is 45.3 Å². The molecule has 4 rings (SSSR count). The number of amides is 1. The van der Waals surface area contributed by atoms with E-state index in [1.165, 1.54) is 0 Å². The highest BCUT2D eigenvalue weighted by molar-refractivity contribution is 7.99. The lowest BCUT2D eigenvalue weighted by atomic mass is 10.0. The predicted molar refractivity (Wildman–Crippen MR) is 143 cm³/mol. The van der Waals surface area contributed by atoms with Gasteiger partial charge in [-0.3, -0.25) is 4.79 Å². The normalized spacial score (nSPS) is 11.3. The maximum atomic E-state index is 13.2. The van der Waals surface area contributed by atoms with Crippen molar-refractivity contribution in [2.75, 3.05) is 24.2 Å². The summed E-state index contributed by atoms with van der Waals surface area (Å²) in [5.74, 6) is 2.15. The van der Waals surface area contributed by atoms with E-state index in [4.69, 9.17) is 14.7 Å². The van der Waals surface area contributed by atoms with Crippen LogP contribution in [0.3, 0.4) is 0 Å². The van der Waals surface area contributed by atoms with Crippen LogP contribution in [-0.4, -0.2) is 50.6 Å². The maximum Gasteiger partial charge on any atom is 0.255 e. The molecule has 0 atom stereocenters. The third-order valence-corrected chi connectivity index (χ3v) is 6.42. The summed E-state index contributed by atoms with van der Waals surface area (Å²) in [4.78, 5) is 22.7. The summed E-state index contributed by atoms with van der Waals surface area (Å²) in [6, 6.07) is 11.9. The first kappa shape index (κ1) is 24.8. The number of anilines is 1. The number of carbonyl (C=O) groups is 1. The van der Waals surface area contributed by atoms with E-state index in [2.05, 4.69) is 36.5 Å². The Morgan fingerprint density at radius 2 is 1.94 bits per heavy atom. The molecule has 35 heavy (non-hydrogen) atoms. The average Bonchev–Trinajstić information content (AvgIpc) is 3.25. The van der Waals surface area contributed by atoms with E-state index < -0.39 is 0 Å². The lowest BCUT2D eigenvalue weighted by Crippen LogP contribution is -2.28. The van der Waals surface area contributed by atoms with Crippen molar-refractivity contribution in [3.63, 3.8) is 0 Å². The Hall–Kier alpha value is -3.33. The smallest absolute Gasteiger partial charge is 0.255 e. The number of benzene rings is 2. The first-order valence-electron chi connectivity index (χ1n) is 12.1. The minimum Gasteiger partial charge on any atom is -0.493 e. The van der Waals surface area contributed by atoms with Gasteiger partial charge in [0, 0.05) is 18.3 Å². The van der Waals surface area contributed by atoms with Gasteiger partial charge in [-0.1, -0.05) is 49.0 Å². The van der Waals surface area contributed by atoms with Crippen LogP contribution in [0.1, 0.15) is 44.5 Å². The molecule has 0 bridgehead atoms. The van der Waals surface area contributed by atoms with E-state index in [0.717, 1.165) is 45.0 Å². The predicted octanol–water partition coefficient (Wildman–Crippen LogP) is 5.13. The Labute approximate surface area is 209 Å². The summed E-state index contributed by atoms with van der Waals surface area (Å²) in [6.07, 6.45) is 2.83. The first-order valence-corrected chi connectivity index (χ1v) is 13.1. The summed E-state index contributed by atoms with van der Waals surface area (Å²) in [7, 11) is 0. The zero-order valence-corrected chi connectivity index (χ0v) is 21.5. The maximum absolute atomic E-state index is 13.2. The van der Waals surface area contributed by atoms with Gasteiger partial charge in [-0.05, 0) is 44.0 Å². The van der Waals surface area contributed by atoms with Gasteiger partial charge in [0.2, 0.25) is 0 Å². The zero-order valence-electron chi connectivity index (χ0n) is 20.7. The average molecular weight is 493 g/mol. The molecular weight excluding hydrogens is 460 g/mol. The van der Waals surface area contributed by atoms with Crippen LogP contribution in [0.15, 0.2) is 47.8 Å². The van der Waals surface area contributed by atoms with Crippen molar-refractivity contribution in [3.05, 3.63) is 48.2 Å². The van der Waals surface area contributed by atoms with Crippen molar-refractivity contribution in [1.82, 2.24) is 25.1 Å². The molecule has 0 saturated heterocycles. The van der Waals surface area contributed by atoms with Crippen LogP contribution in [0.25, 0.3) is 21.8 Å². The van der Waals surface area contributed by atoms with Crippen molar-refractivity contribution in [1.29, 1.82) is 0 Å². The van der Waals surface area contributed by atoms with Gasteiger partial charge in [-0.2, -0.15) is 5.10 Å². The molecule has 1 amide bonds. The number of ether oxygens (including phenoxy) is 1. The number of fused-ring (bicyclic) bond motifs is 2. The van der Waals surface area contributed by atoms with E-state index in [9.17, 15) is 4.79 Å². The van der Waals surface area contributed by atoms with Gasteiger partial charge in [0.25, 0.3) is 5.91 Å². The zero-order chi connectivity index (χ0) is 24.8. The first-order chi connectivity index (χ1) is 17.0. The van der Waals surface area contributed by atoms with Gasteiger partial charge in [0.1, 0.15) is 11.6 Å². The summed E-state index contributed by atoms with van der Waals surface area (Å²) in [5, 5.41) is 14.5. The topological polar surface area (TPSA) is 94.0 Å². The quantitative estimate of drug-likeness (QED) is 0.221. The van der Waals surface area contributed by atoms with Gasteiger partial charge >= 0.3 is 0 Å². The number of hydrogen-bond donors (Lipinski definition) is 2. The van der Waals surface area contributed by atoms with Crippen LogP contribution in [0, 0.1) is 0 Å². The number of nitrogens with one attached hydrogen (secondary N) is 2. The van der Waals surface area contributed by atoms with Gasteiger partial charge in [0.15, 0.2) is 10.8 Å². The summed E-state index contributed by atoms with van der Waals surface area (Å²) in [6.45, 7) is 9.59. The van der Waals surface area contributed by atoms with Gasteiger partial charge < -0.3 is 15.4 Å². The van der Waals surface area contributed by atoms with Crippen LogP contribution in [0.2, 0.25) is 0 Å². The highest BCUT2D eigenvalue weighted by atomic mass is 32.2. The van der Waals surface area contributed by atoms with Crippen LogP contribution in [-0.2, 0) is 6.54 Å². The minimum atomic E-state index is -0.169. The number of hydrogen-bond acceptors (Lipinski definition) is 7. The molecule has 4 aromatic rings. The van der Waals surface area contributed by atoms with E-state index in [0.29, 0.717) is 31.0 Å². The molecule has 0 unspecified atom stereocenters. The molecule has 0 aliphatic heterocycles. The summed E-state index contributed by atoms with van der Waals surface area (Å²) >= 11 is 1.63. The molecule has 2 N–H and O–H groups in total. The monoisotopic (exact) mass is 492 g/mol. The fourth-order valence-electron chi connectivity index (χ4n) is 3.87. The summed E-state index contributed by atoms with van der Waals surface area (Å²) in [5.41, 5.74) is 1.32. The Balaban J connectivity index is 1.55. The molecule has 0 saturated carbocycles. The lowest BCUT2D eigenvalue weighted by Gasteiger charge is -2.14. The van der Waals surface area contributed by atoms with Crippen LogP contribution in [0.5, 0.6) is 5.75 Å². The lowest BCUT2D eigenvalue weighted by molar-refractivity contribution is 0.0950. The number of nitrogens with zero attached hydrogens (tertiary/aromatic N) is 4. The summed E-state index contributed by atoms with van der Waals surface area (Å²) < 4.78 is 7.59. The fraction of sp³-hybridized carbons (Fsp3) is 0.385. The van der Waals surface area contributed by atoms with E-state index in [-0.39, 0.29) is 11.9 Å². The van der Waals surface area contributed by atoms with E-state index >= 15 is 0 Å². The largest absolute Gasteiger partial charge is 0.493 e. The molecule has 9 heteroatoms. The van der Waals surface area contributed by atoms with E-state index in [1.54, 1.807) is 18.0 Å². The Morgan fingerprint density at radius 3 is 2.71 bits per heavy atom. The third kappa shape index (κ3) is 5.67. The molecular formula is C26H32N6O2S. The highest BCUT2D eigenvalue weighted by Gasteiger charge is 2.18. The van der Waals surface area contributed by atoms with Crippen LogP contribution >= 0.6 is 11.8 Å². The molecule has 0 radical (unpaired) electrons. The van der Waals surface area contributed by atoms with Crippen molar-refractivity contribution in [2.45, 2.75) is 51.9 Å². The van der Waals surface area contributed by atoms with Crippen molar-refractivity contribution in [3.8, 4) is 5.75 Å². The molecule has 2 heterocycles. The fourth-order valence-corrected chi connectivity index (χ4v) is 4.56. The second kappa shape index (κ2) is 11.4. The van der Waals surface area contributed by atoms with Crippen molar-refractivity contribution < 1.29 is 9.53 Å². The number of rotatable bonds is 11. The molecule has 0 spiro atoms. The SMILES string of the molecule is CCCSc1nc(NC(C)C)c2cnn(CCNC(=O)c3c(OCC)ccc4ccccc34)c2n1. The molecule has 8 nitrogen and oxygen atoms in total. The number of carbonyl (C=O) groups excluding carboxylic acids is 1. The Kier molecular flexibility index (Phi) is 8.07. The third-order valence-electron chi connectivity index (χ3n) is 5.36.